The molecule has 0 bridgehead atoms. The van der Waals surface area contributed by atoms with Crippen molar-refractivity contribution in [1.82, 2.24) is 10.6 Å². The maximum atomic E-state index is 12.0. The molecule has 1 saturated heterocycles. The third-order valence-electron chi connectivity index (χ3n) is 4.81. The van der Waals surface area contributed by atoms with Crippen LogP contribution in [0.2, 0.25) is 0 Å². The maximum absolute atomic E-state index is 12.0. The molecule has 1 aliphatic heterocycles. The van der Waals surface area contributed by atoms with E-state index in [9.17, 15) is 9.59 Å². The van der Waals surface area contributed by atoms with Crippen LogP contribution in [-0.2, 0) is 25.6 Å². The molecule has 2 aliphatic rings. The van der Waals surface area contributed by atoms with Gasteiger partial charge >= 0.3 is 11.8 Å². The monoisotopic (exact) mass is 362 g/mol. The molecule has 1 aromatic carbocycles. The van der Waals surface area contributed by atoms with Gasteiger partial charge in [0.25, 0.3) is 0 Å². The predicted molar refractivity (Wildman–Crippen MR) is 94.5 cm³/mol. The van der Waals surface area contributed by atoms with Crippen LogP contribution in [0, 0.1) is 0 Å². The highest BCUT2D eigenvalue weighted by Crippen LogP contribution is 2.37. The van der Waals surface area contributed by atoms with Gasteiger partial charge in [0.1, 0.15) is 11.9 Å². The van der Waals surface area contributed by atoms with E-state index in [0.29, 0.717) is 12.4 Å². The highest BCUT2D eigenvalue weighted by Gasteiger charge is 2.42. The van der Waals surface area contributed by atoms with Crippen molar-refractivity contribution in [2.24, 2.45) is 0 Å². The Morgan fingerprint density at radius 3 is 2.73 bits per heavy atom. The number of amides is 2. The molecule has 7 nitrogen and oxygen atoms in total. The molecule has 0 unspecified atom stereocenters. The number of ether oxygens (including phenoxy) is 3. The van der Waals surface area contributed by atoms with Gasteiger partial charge in [-0.25, -0.2) is 0 Å². The second-order valence-corrected chi connectivity index (χ2v) is 6.77. The zero-order chi connectivity index (χ0) is 18.4. The molecule has 1 heterocycles. The lowest BCUT2D eigenvalue weighted by molar-refractivity contribution is -0.186. The number of carbonyl (C=O) groups excluding carboxylic acids is 2. The molecular formula is C19H26N2O5. The van der Waals surface area contributed by atoms with Crippen LogP contribution in [0.4, 0.5) is 0 Å². The Labute approximate surface area is 153 Å². The highest BCUT2D eigenvalue weighted by molar-refractivity contribution is 6.35. The molecule has 1 saturated carbocycles. The summed E-state index contributed by atoms with van der Waals surface area (Å²) < 4.78 is 17.0. The highest BCUT2D eigenvalue weighted by atomic mass is 16.7. The van der Waals surface area contributed by atoms with Crippen molar-refractivity contribution in [2.45, 2.75) is 50.5 Å². The Balaban J connectivity index is 1.39. The van der Waals surface area contributed by atoms with Gasteiger partial charge in [-0.1, -0.05) is 18.6 Å². The van der Waals surface area contributed by atoms with Gasteiger partial charge in [0, 0.05) is 25.9 Å². The molecule has 0 radical (unpaired) electrons. The summed E-state index contributed by atoms with van der Waals surface area (Å²) >= 11 is 0. The van der Waals surface area contributed by atoms with Crippen molar-refractivity contribution in [3.05, 3.63) is 29.8 Å². The van der Waals surface area contributed by atoms with Crippen molar-refractivity contribution in [2.75, 3.05) is 20.3 Å². The summed E-state index contributed by atoms with van der Waals surface area (Å²) in [5.74, 6) is -1.10. The predicted octanol–water partition coefficient (Wildman–Crippen LogP) is 1.50. The number of benzene rings is 1. The number of methoxy groups -OCH3 is 1. The molecule has 0 aromatic heterocycles. The van der Waals surface area contributed by atoms with Gasteiger partial charge in [-0.15, -0.1) is 0 Å². The van der Waals surface area contributed by atoms with Gasteiger partial charge in [0.05, 0.1) is 13.7 Å². The number of carbonyl (C=O) groups is 2. The van der Waals surface area contributed by atoms with Gasteiger partial charge < -0.3 is 24.8 Å². The van der Waals surface area contributed by atoms with E-state index in [1.165, 1.54) is 6.42 Å². The first-order chi connectivity index (χ1) is 12.6. The van der Waals surface area contributed by atoms with E-state index < -0.39 is 17.6 Å². The summed E-state index contributed by atoms with van der Waals surface area (Å²) in [4.78, 5) is 23.9. The molecular weight excluding hydrogens is 336 g/mol. The molecule has 2 N–H and O–H groups in total. The second kappa shape index (κ2) is 8.51. The fourth-order valence-corrected chi connectivity index (χ4v) is 3.40. The van der Waals surface area contributed by atoms with E-state index in [-0.39, 0.29) is 19.2 Å². The van der Waals surface area contributed by atoms with Crippen molar-refractivity contribution in [3.63, 3.8) is 0 Å². The molecule has 1 aliphatic carbocycles. The van der Waals surface area contributed by atoms with Crippen LogP contribution in [0.5, 0.6) is 5.75 Å². The van der Waals surface area contributed by atoms with Crippen LogP contribution in [-0.4, -0.2) is 44.0 Å². The van der Waals surface area contributed by atoms with E-state index >= 15 is 0 Å². The average molecular weight is 362 g/mol. The first kappa shape index (κ1) is 18.7. The fraction of sp³-hybridized carbons (Fsp3) is 0.579. The van der Waals surface area contributed by atoms with Crippen LogP contribution in [0.3, 0.4) is 0 Å². The van der Waals surface area contributed by atoms with E-state index in [1.54, 1.807) is 7.11 Å². The molecule has 1 atom stereocenters. The van der Waals surface area contributed by atoms with Gasteiger partial charge in [-0.2, -0.15) is 0 Å². The van der Waals surface area contributed by atoms with Gasteiger partial charge in [0.2, 0.25) is 0 Å². The lowest BCUT2D eigenvalue weighted by Crippen LogP contribution is -2.43. The third-order valence-corrected chi connectivity index (χ3v) is 4.81. The Bertz CT molecular complexity index is 643. The molecule has 2 amide bonds. The minimum Gasteiger partial charge on any atom is -0.497 e. The van der Waals surface area contributed by atoms with Gasteiger partial charge in [-0.3, -0.25) is 9.59 Å². The zero-order valence-electron chi connectivity index (χ0n) is 15.1. The van der Waals surface area contributed by atoms with Crippen molar-refractivity contribution in [3.8, 4) is 5.75 Å². The molecule has 26 heavy (non-hydrogen) atoms. The number of hydrogen-bond acceptors (Lipinski definition) is 5. The van der Waals surface area contributed by atoms with E-state index in [1.807, 2.05) is 24.3 Å². The average Bonchev–Trinajstić information content (AvgIpc) is 3.07. The Hall–Kier alpha value is -2.12. The van der Waals surface area contributed by atoms with Crippen LogP contribution in [0.25, 0.3) is 0 Å². The zero-order valence-corrected chi connectivity index (χ0v) is 15.1. The number of hydrogen-bond donors (Lipinski definition) is 2. The molecule has 1 spiro atoms. The first-order valence-corrected chi connectivity index (χ1v) is 9.11. The second-order valence-electron chi connectivity index (χ2n) is 6.77. The number of nitrogens with one attached hydrogen (secondary N) is 2. The van der Waals surface area contributed by atoms with Crippen LogP contribution in [0.1, 0.15) is 37.7 Å². The SMILES string of the molecule is COc1cccc(CNC(=O)C(=O)NC[C@@H]2COC3(CCCCC3)O2)c1. The van der Waals surface area contributed by atoms with Crippen molar-refractivity contribution < 1.29 is 23.8 Å². The maximum Gasteiger partial charge on any atom is 0.309 e. The summed E-state index contributed by atoms with van der Waals surface area (Å²) in [7, 11) is 1.58. The smallest absolute Gasteiger partial charge is 0.309 e. The van der Waals surface area contributed by atoms with Crippen LogP contribution < -0.4 is 15.4 Å². The topological polar surface area (TPSA) is 85.9 Å². The minimum atomic E-state index is -0.667. The lowest BCUT2D eigenvalue weighted by Gasteiger charge is -2.31. The molecule has 142 valence electrons. The summed E-state index contributed by atoms with van der Waals surface area (Å²) in [6, 6.07) is 7.32. The molecule has 1 aromatic rings. The standard InChI is InChI=1S/C19H26N2O5/c1-24-15-7-5-6-14(10-15)11-20-17(22)18(23)21-12-16-13-25-19(26-16)8-3-2-4-9-19/h5-7,10,16H,2-4,8-9,11-13H2,1H3,(H,20,22)(H,21,23)/t16-/m1/s1. The van der Waals surface area contributed by atoms with Crippen LogP contribution >= 0.6 is 0 Å². The molecule has 3 rings (SSSR count). The third kappa shape index (κ3) is 4.74. The first-order valence-electron chi connectivity index (χ1n) is 9.11. The van der Waals surface area contributed by atoms with E-state index in [0.717, 1.165) is 31.2 Å². The molecule has 7 heteroatoms. The Morgan fingerprint density at radius 2 is 1.96 bits per heavy atom. The Kier molecular flexibility index (Phi) is 6.11. The summed E-state index contributed by atoms with van der Waals surface area (Å²) in [6.07, 6.45) is 5.01. The van der Waals surface area contributed by atoms with Gasteiger partial charge in [0.15, 0.2) is 5.79 Å². The fourth-order valence-electron chi connectivity index (χ4n) is 3.40. The summed E-state index contributed by atoms with van der Waals surface area (Å²) in [5, 5.41) is 5.23. The normalized spacial score (nSPS) is 21.3. The lowest BCUT2D eigenvalue weighted by atomic mass is 9.94. The molecule has 2 fully saturated rings. The van der Waals surface area contributed by atoms with E-state index in [4.69, 9.17) is 14.2 Å². The van der Waals surface area contributed by atoms with Crippen molar-refractivity contribution in [1.29, 1.82) is 0 Å². The summed E-state index contributed by atoms with van der Waals surface area (Å²) in [6.45, 7) is 0.981. The van der Waals surface area contributed by atoms with E-state index in [2.05, 4.69) is 10.6 Å². The minimum absolute atomic E-state index is 0.205. The Morgan fingerprint density at radius 1 is 1.19 bits per heavy atom. The van der Waals surface area contributed by atoms with Crippen LogP contribution in [0.15, 0.2) is 24.3 Å². The van der Waals surface area contributed by atoms with Gasteiger partial charge in [-0.05, 0) is 30.5 Å². The van der Waals surface area contributed by atoms with Crippen molar-refractivity contribution >= 4 is 11.8 Å². The number of rotatable bonds is 5. The quantitative estimate of drug-likeness (QED) is 0.776. The summed E-state index contributed by atoms with van der Waals surface area (Å²) in [5.41, 5.74) is 0.859. The largest absolute Gasteiger partial charge is 0.497 e.